The second-order valence-corrected chi connectivity index (χ2v) is 5.97. The van der Waals surface area contributed by atoms with E-state index in [1.54, 1.807) is 12.5 Å². The smallest absolute Gasteiger partial charge is 0.127 e. The van der Waals surface area contributed by atoms with E-state index in [9.17, 15) is 0 Å². The molecule has 24 heavy (non-hydrogen) atoms. The first-order chi connectivity index (χ1) is 11.9. The van der Waals surface area contributed by atoms with E-state index in [0.29, 0.717) is 6.61 Å². The summed E-state index contributed by atoms with van der Waals surface area (Å²) in [7, 11) is 0. The summed E-state index contributed by atoms with van der Waals surface area (Å²) in [5.41, 5.74) is 2.15. The van der Waals surface area contributed by atoms with Crippen LogP contribution in [0.15, 0.2) is 59.4 Å². The number of rotatable bonds is 5. The van der Waals surface area contributed by atoms with Gasteiger partial charge in [0.05, 0.1) is 25.7 Å². The van der Waals surface area contributed by atoms with Gasteiger partial charge in [-0.05, 0) is 22.9 Å². The monoisotopic (exact) mass is 323 g/mol. The Morgan fingerprint density at radius 3 is 2.71 bits per heavy atom. The summed E-state index contributed by atoms with van der Waals surface area (Å²) in [4.78, 5) is 2.38. The van der Waals surface area contributed by atoms with Crippen LogP contribution in [0.4, 0.5) is 0 Å². The molecule has 2 aromatic carbocycles. The number of morpholine rings is 1. The van der Waals surface area contributed by atoms with Gasteiger partial charge in [0.2, 0.25) is 0 Å². The Kier molecular flexibility index (Phi) is 4.49. The molecule has 4 heteroatoms. The Morgan fingerprint density at radius 1 is 1.00 bits per heavy atom. The Morgan fingerprint density at radius 2 is 1.88 bits per heavy atom. The number of furan rings is 1. The van der Waals surface area contributed by atoms with Crippen LogP contribution in [-0.4, -0.2) is 44.4 Å². The molecular weight excluding hydrogens is 302 g/mol. The van der Waals surface area contributed by atoms with Crippen LogP contribution in [0.2, 0.25) is 0 Å². The highest BCUT2D eigenvalue weighted by Gasteiger charge is 2.14. The first-order valence-electron chi connectivity index (χ1n) is 8.39. The zero-order chi connectivity index (χ0) is 16.2. The lowest BCUT2D eigenvalue weighted by Gasteiger charge is -2.26. The summed E-state index contributed by atoms with van der Waals surface area (Å²) in [5, 5.41) is 2.39. The molecule has 124 valence electrons. The van der Waals surface area contributed by atoms with Gasteiger partial charge < -0.3 is 13.9 Å². The number of nitrogens with zero attached hydrogens (tertiary/aromatic N) is 1. The van der Waals surface area contributed by atoms with Crippen molar-refractivity contribution in [3.05, 3.63) is 55.0 Å². The first-order valence-corrected chi connectivity index (χ1v) is 8.39. The lowest BCUT2D eigenvalue weighted by molar-refractivity contribution is 0.0323. The molecule has 0 unspecified atom stereocenters. The molecule has 0 aliphatic carbocycles. The molecule has 2 heterocycles. The van der Waals surface area contributed by atoms with Gasteiger partial charge in [-0.2, -0.15) is 0 Å². The molecule has 0 amide bonds. The van der Waals surface area contributed by atoms with Gasteiger partial charge in [0, 0.05) is 30.8 Å². The highest BCUT2D eigenvalue weighted by atomic mass is 16.5. The second-order valence-electron chi connectivity index (χ2n) is 5.97. The summed E-state index contributed by atoms with van der Waals surface area (Å²) in [6.07, 6.45) is 3.48. The molecule has 0 bridgehead atoms. The molecule has 1 aromatic heterocycles. The third kappa shape index (κ3) is 3.16. The van der Waals surface area contributed by atoms with Crippen molar-refractivity contribution in [2.45, 2.75) is 0 Å². The molecule has 1 aliphatic rings. The van der Waals surface area contributed by atoms with Crippen LogP contribution in [0.25, 0.3) is 21.9 Å². The van der Waals surface area contributed by atoms with E-state index in [1.165, 1.54) is 10.8 Å². The first kappa shape index (κ1) is 15.2. The Balaban J connectivity index is 1.59. The van der Waals surface area contributed by atoms with Crippen LogP contribution in [0, 0.1) is 0 Å². The molecule has 0 N–H and O–H groups in total. The standard InChI is InChI=1S/C20H21NO3/c1-2-4-18-16(3-1)5-6-19(20(18)17-7-11-23-15-17)24-14-10-21-8-12-22-13-9-21/h1-7,11,15H,8-10,12-14H2. The molecule has 4 rings (SSSR count). The zero-order valence-corrected chi connectivity index (χ0v) is 13.6. The highest BCUT2D eigenvalue weighted by Crippen LogP contribution is 2.37. The number of fused-ring (bicyclic) bond motifs is 1. The van der Waals surface area contributed by atoms with E-state index in [1.807, 2.05) is 6.07 Å². The SMILES string of the molecule is c1ccc2c(-c3ccoc3)c(OCCN3CCOCC3)ccc2c1. The Hall–Kier alpha value is -2.30. The minimum absolute atomic E-state index is 0.670. The van der Waals surface area contributed by atoms with Crippen molar-refractivity contribution in [3.63, 3.8) is 0 Å². The molecule has 3 aromatic rings. The van der Waals surface area contributed by atoms with Crippen molar-refractivity contribution in [3.8, 4) is 16.9 Å². The summed E-state index contributed by atoms with van der Waals surface area (Å²) >= 11 is 0. The normalized spacial score (nSPS) is 15.7. The van der Waals surface area contributed by atoms with Crippen molar-refractivity contribution < 1.29 is 13.9 Å². The quantitative estimate of drug-likeness (QED) is 0.715. The Labute approximate surface area is 141 Å². The van der Waals surface area contributed by atoms with Crippen LogP contribution in [0.1, 0.15) is 0 Å². The summed E-state index contributed by atoms with van der Waals surface area (Å²) in [6, 6.07) is 14.5. The fourth-order valence-corrected chi connectivity index (χ4v) is 3.19. The van der Waals surface area contributed by atoms with Crippen LogP contribution >= 0.6 is 0 Å². The Bertz CT molecular complexity index is 792. The molecule has 4 nitrogen and oxygen atoms in total. The lowest BCUT2D eigenvalue weighted by atomic mass is 9.99. The largest absolute Gasteiger partial charge is 0.492 e. The van der Waals surface area contributed by atoms with Gasteiger partial charge in [0.25, 0.3) is 0 Å². The molecule has 0 radical (unpaired) electrons. The fraction of sp³-hybridized carbons (Fsp3) is 0.300. The molecule has 1 fully saturated rings. The van der Waals surface area contributed by atoms with Gasteiger partial charge in [-0.25, -0.2) is 0 Å². The van der Waals surface area contributed by atoms with E-state index in [2.05, 4.69) is 41.3 Å². The molecular formula is C20H21NO3. The van der Waals surface area contributed by atoms with Gasteiger partial charge in [0.15, 0.2) is 0 Å². The van der Waals surface area contributed by atoms with Crippen LogP contribution in [0.5, 0.6) is 5.75 Å². The lowest BCUT2D eigenvalue weighted by Crippen LogP contribution is -2.38. The topological polar surface area (TPSA) is 34.8 Å². The number of benzene rings is 2. The van der Waals surface area contributed by atoms with Crippen molar-refractivity contribution in [1.82, 2.24) is 4.90 Å². The molecule has 0 spiro atoms. The van der Waals surface area contributed by atoms with E-state index in [4.69, 9.17) is 13.9 Å². The highest BCUT2D eigenvalue weighted by molar-refractivity contribution is 5.99. The van der Waals surface area contributed by atoms with Crippen LogP contribution in [-0.2, 0) is 4.74 Å². The van der Waals surface area contributed by atoms with E-state index in [-0.39, 0.29) is 0 Å². The van der Waals surface area contributed by atoms with Gasteiger partial charge in [-0.3, -0.25) is 4.90 Å². The predicted octanol–water partition coefficient (Wildman–Crippen LogP) is 3.81. The molecule has 0 saturated carbocycles. The average molecular weight is 323 g/mol. The minimum Gasteiger partial charge on any atom is -0.492 e. The number of hydrogen-bond donors (Lipinski definition) is 0. The maximum atomic E-state index is 6.15. The van der Waals surface area contributed by atoms with Gasteiger partial charge in [-0.15, -0.1) is 0 Å². The van der Waals surface area contributed by atoms with Gasteiger partial charge in [-0.1, -0.05) is 30.3 Å². The predicted molar refractivity (Wildman–Crippen MR) is 94.4 cm³/mol. The fourth-order valence-electron chi connectivity index (χ4n) is 3.19. The van der Waals surface area contributed by atoms with Gasteiger partial charge >= 0.3 is 0 Å². The minimum atomic E-state index is 0.670. The zero-order valence-electron chi connectivity index (χ0n) is 13.6. The third-order valence-corrected chi connectivity index (χ3v) is 4.47. The van der Waals surface area contributed by atoms with Gasteiger partial charge in [0.1, 0.15) is 12.4 Å². The van der Waals surface area contributed by atoms with E-state index >= 15 is 0 Å². The second kappa shape index (κ2) is 7.07. The van der Waals surface area contributed by atoms with E-state index in [0.717, 1.165) is 49.7 Å². The molecule has 1 aliphatic heterocycles. The van der Waals surface area contributed by atoms with Crippen molar-refractivity contribution in [2.75, 3.05) is 39.5 Å². The van der Waals surface area contributed by atoms with E-state index < -0.39 is 0 Å². The van der Waals surface area contributed by atoms with Crippen LogP contribution < -0.4 is 4.74 Å². The summed E-state index contributed by atoms with van der Waals surface area (Å²) in [5.74, 6) is 0.906. The maximum absolute atomic E-state index is 6.15. The third-order valence-electron chi connectivity index (χ3n) is 4.47. The summed E-state index contributed by atoms with van der Waals surface area (Å²) in [6.45, 7) is 5.18. The number of ether oxygens (including phenoxy) is 2. The van der Waals surface area contributed by atoms with Crippen molar-refractivity contribution >= 4 is 10.8 Å². The van der Waals surface area contributed by atoms with Crippen molar-refractivity contribution in [2.24, 2.45) is 0 Å². The average Bonchev–Trinajstić information content (AvgIpc) is 3.16. The van der Waals surface area contributed by atoms with Crippen molar-refractivity contribution in [1.29, 1.82) is 0 Å². The summed E-state index contributed by atoms with van der Waals surface area (Å²) < 4.78 is 16.8. The number of hydrogen-bond acceptors (Lipinski definition) is 4. The molecule has 1 saturated heterocycles. The maximum Gasteiger partial charge on any atom is 0.127 e. The van der Waals surface area contributed by atoms with Crippen LogP contribution in [0.3, 0.4) is 0 Å². The molecule has 0 atom stereocenters.